The molecule has 3 aliphatic rings. The summed E-state index contributed by atoms with van der Waals surface area (Å²) in [4.78, 5) is 0. The van der Waals surface area contributed by atoms with Gasteiger partial charge in [-0.15, -0.1) is 0 Å². The van der Waals surface area contributed by atoms with E-state index in [1.54, 1.807) is 0 Å². The molecule has 1 unspecified atom stereocenters. The molecule has 0 heteroatoms. The first-order chi connectivity index (χ1) is 50.2. The Balaban J connectivity index is 1.08. The van der Waals surface area contributed by atoms with Gasteiger partial charge >= 0.3 is 0 Å². The summed E-state index contributed by atoms with van der Waals surface area (Å²) in [5.41, 5.74) is 39.1. The van der Waals surface area contributed by atoms with Gasteiger partial charge in [0, 0.05) is 5.92 Å². The molecule has 18 rings (SSSR count). The van der Waals surface area contributed by atoms with E-state index in [0.29, 0.717) is 0 Å². The molecular formula is C104H88. The summed E-state index contributed by atoms with van der Waals surface area (Å²) in [6.07, 6.45) is 3.47. The number of benzene rings is 15. The average molecular weight is 1340 g/mol. The number of hydrogen-bond donors (Lipinski definition) is 0. The van der Waals surface area contributed by atoms with Gasteiger partial charge in [-0.3, -0.25) is 0 Å². The van der Waals surface area contributed by atoms with E-state index in [1.807, 2.05) is 0 Å². The lowest BCUT2D eigenvalue weighted by Gasteiger charge is -2.35. The molecule has 15 aromatic carbocycles. The van der Waals surface area contributed by atoms with Crippen LogP contribution in [0.25, 0.3) is 160 Å². The highest BCUT2D eigenvalue weighted by atomic mass is 14.5. The molecule has 1 atom stereocenters. The van der Waals surface area contributed by atoms with Crippen molar-refractivity contribution in [2.45, 2.75) is 117 Å². The molecule has 3 aliphatic carbocycles. The van der Waals surface area contributed by atoms with Crippen molar-refractivity contribution in [2.24, 2.45) is 0 Å². The molecule has 0 aromatic heterocycles. The van der Waals surface area contributed by atoms with Gasteiger partial charge in [-0.1, -0.05) is 374 Å². The van der Waals surface area contributed by atoms with Crippen molar-refractivity contribution in [2.75, 3.05) is 0 Å². The average Bonchev–Trinajstić information content (AvgIpc) is 1.40. The minimum absolute atomic E-state index is 0.0298. The predicted molar refractivity (Wildman–Crippen MR) is 447 cm³/mol. The van der Waals surface area contributed by atoms with Crippen LogP contribution in [0.5, 0.6) is 0 Å². The lowest BCUT2D eigenvalue weighted by Crippen LogP contribution is -2.18. The molecular weight excluding hydrogens is 1250 g/mol. The summed E-state index contributed by atoms with van der Waals surface area (Å²) in [6.45, 7) is 28.8. The van der Waals surface area contributed by atoms with Gasteiger partial charge in [0.05, 0.1) is 0 Å². The maximum Gasteiger partial charge on any atom is 0.0137 e. The van der Waals surface area contributed by atoms with Gasteiger partial charge < -0.3 is 0 Å². The van der Waals surface area contributed by atoms with Crippen molar-refractivity contribution in [3.63, 3.8) is 0 Å². The highest BCUT2D eigenvalue weighted by Crippen LogP contribution is 2.68. The van der Waals surface area contributed by atoms with Crippen LogP contribution in [0.1, 0.15) is 140 Å². The fourth-order valence-corrected chi connectivity index (χ4v) is 17.9. The van der Waals surface area contributed by atoms with Crippen LogP contribution >= 0.6 is 0 Å². The summed E-state index contributed by atoms with van der Waals surface area (Å²) < 4.78 is 0. The molecule has 0 spiro atoms. The zero-order chi connectivity index (χ0) is 71.3. The number of rotatable bonds is 9. The Morgan fingerprint density at radius 1 is 0.221 bits per heavy atom. The van der Waals surface area contributed by atoms with Crippen LogP contribution in [-0.2, 0) is 21.7 Å². The quantitative estimate of drug-likeness (QED) is 0.126. The van der Waals surface area contributed by atoms with Gasteiger partial charge in [-0.05, 0) is 239 Å². The Kier molecular flexibility index (Phi) is 15.1. The Morgan fingerprint density at radius 2 is 0.548 bits per heavy atom. The Morgan fingerprint density at radius 3 is 0.942 bits per heavy atom. The molecule has 0 fully saturated rings. The highest BCUT2D eigenvalue weighted by Gasteiger charge is 2.43. The maximum absolute atomic E-state index is 2.61. The van der Waals surface area contributed by atoms with Crippen LogP contribution in [0.15, 0.2) is 297 Å². The summed E-state index contributed by atoms with van der Waals surface area (Å²) in [5, 5.41) is 7.61. The van der Waals surface area contributed by atoms with E-state index in [2.05, 4.69) is 380 Å². The second-order valence-corrected chi connectivity index (χ2v) is 33.7. The van der Waals surface area contributed by atoms with E-state index in [1.165, 1.54) is 205 Å². The molecule has 0 radical (unpaired) electrons. The number of hydrogen-bond acceptors (Lipinski definition) is 0. The van der Waals surface area contributed by atoms with E-state index in [9.17, 15) is 0 Å². The molecule has 0 bridgehead atoms. The SMILES string of the molecule is CC(C)(C)c1cc(-c2c3c(c(-c4cc(C(C)(C)C)cc(C(C)(C)C)c4)c4c2-c2ccc5c6c(ccc-4c26)-c2c-5c(-c4ccccc4)c4c(-c5ccccc5)c5cc(-c6ccccc6)ccc5c(-c5ccccc5)c4c2-c2ccccc2)C(c2ccccc2)CC=C3c2ccccc2)cc(C(C)(C)C)c1. The van der Waals surface area contributed by atoms with Crippen LogP contribution in [0, 0.1) is 0 Å². The maximum atomic E-state index is 2.61. The van der Waals surface area contributed by atoms with E-state index in [4.69, 9.17) is 0 Å². The van der Waals surface area contributed by atoms with Gasteiger partial charge in [-0.2, -0.15) is 0 Å². The summed E-state index contributed by atoms with van der Waals surface area (Å²) >= 11 is 0. The van der Waals surface area contributed by atoms with Crippen LogP contribution in [0.3, 0.4) is 0 Å². The fraction of sp³-hybridized carbons (Fsp3) is 0.173. The van der Waals surface area contributed by atoms with Crippen molar-refractivity contribution < 1.29 is 0 Å². The monoisotopic (exact) mass is 1340 g/mol. The Hall–Kier alpha value is -11.2. The van der Waals surface area contributed by atoms with Crippen LogP contribution in [-0.4, -0.2) is 0 Å². The molecule has 0 N–H and O–H groups in total. The minimum Gasteiger partial charge on any atom is -0.0751 e. The van der Waals surface area contributed by atoms with Gasteiger partial charge in [0.15, 0.2) is 0 Å². The highest BCUT2D eigenvalue weighted by molar-refractivity contribution is 6.38. The van der Waals surface area contributed by atoms with Crippen LogP contribution in [0.2, 0.25) is 0 Å². The van der Waals surface area contributed by atoms with E-state index in [0.717, 1.165) is 6.42 Å². The minimum atomic E-state index is -0.148. The topological polar surface area (TPSA) is 0 Å². The fourth-order valence-electron chi connectivity index (χ4n) is 17.9. The van der Waals surface area contributed by atoms with Crippen molar-refractivity contribution >= 4 is 37.9 Å². The molecule has 0 saturated carbocycles. The smallest absolute Gasteiger partial charge is 0.0137 e. The van der Waals surface area contributed by atoms with Crippen molar-refractivity contribution in [1.29, 1.82) is 0 Å². The third kappa shape index (κ3) is 10.4. The molecule has 15 aromatic rings. The van der Waals surface area contributed by atoms with E-state index in [-0.39, 0.29) is 27.6 Å². The zero-order valence-electron chi connectivity index (χ0n) is 62.1. The molecule has 0 saturated heterocycles. The van der Waals surface area contributed by atoms with E-state index >= 15 is 0 Å². The van der Waals surface area contributed by atoms with Crippen LogP contribution in [0.4, 0.5) is 0 Å². The second kappa shape index (κ2) is 24.2. The number of fused-ring (bicyclic) bond motifs is 9. The lowest BCUT2D eigenvalue weighted by atomic mass is 9.67. The zero-order valence-corrected chi connectivity index (χ0v) is 62.1. The lowest BCUT2D eigenvalue weighted by molar-refractivity contribution is 0.568. The van der Waals surface area contributed by atoms with Gasteiger partial charge in [-0.25, -0.2) is 0 Å². The molecule has 0 heterocycles. The largest absolute Gasteiger partial charge is 0.0751 e. The summed E-state index contributed by atoms with van der Waals surface area (Å²) in [7, 11) is 0. The first kappa shape index (κ1) is 64.9. The third-order valence-corrected chi connectivity index (χ3v) is 23.1. The van der Waals surface area contributed by atoms with E-state index < -0.39 is 0 Å². The molecule has 0 aliphatic heterocycles. The molecule has 104 heavy (non-hydrogen) atoms. The predicted octanol–water partition coefficient (Wildman–Crippen LogP) is 29.3. The summed E-state index contributed by atoms with van der Waals surface area (Å²) in [5.74, 6) is 0.0298. The Labute approximate surface area is 615 Å². The third-order valence-electron chi connectivity index (χ3n) is 23.1. The van der Waals surface area contributed by atoms with Crippen LogP contribution < -0.4 is 0 Å². The van der Waals surface area contributed by atoms with Crippen molar-refractivity contribution in [1.82, 2.24) is 0 Å². The van der Waals surface area contributed by atoms with Gasteiger partial charge in [0.2, 0.25) is 0 Å². The molecule has 504 valence electrons. The van der Waals surface area contributed by atoms with Crippen molar-refractivity contribution in [3.8, 4) is 122 Å². The standard InChI is InChI=1S/C104H88/c1-101(2,3)73-56-71(57-74(61-73)102(4,5)6)89-93-77(64-36-22-14-23-37-64)50-51-78(65-38-24-15-25-39-65)94(93)90(72-58-75(103(7,8)9)62-76(59-72)104(10,11)12)98-83-55-53-81-91-80(52-54-82(92(83)91)97(89)98)95-87(68-44-30-18-31-45-68)99-85(66-40-26-16-27-41-66)79-49-48-70(63-34-20-13-21-35-63)60-84(79)86(67-42-28-17-29-43-67)100(99)88(96(81)95)69-46-32-19-33-47-69/h13-49,51-62,77H,50H2,1-12H3. The van der Waals surface area contributed by atoms with Crippen molar-refractivity contribution in [3.05, 3.63) is 342 Å². The normalized spacial score (nSPS) is 13.9. The molecule has 0 amide bonds. The summed E-state index contributed by atoms with van der Waals surface area (Å²) in [6, 6.07) is 112. The van der Waals surface area contributed by atoms with Gasteiger partial charge in [0.1, 0.15) is 0 Å². The second-order valence-electron chi connectivity index (χ2n) is 33.7. The van der Waals surface area contributed by atoms with Gasteiger partial charge in [0.25, 0.3) is 0 Å². The Bertz CT molecular complexity index is 5940. The first-order valence-electron chi connectivity index (χ1n) is 37.6. The number of allylic oxidation sites excluding steroid dienone is 1. The first-order valence-corrected chi connectivity index (χ1v) is 37.6. The molecule has 0 nitrogen and oxygen atoms in total.